The second kappa shape index (κ2) is 61.1. The summed E-state index contributed by atoms with van der Waals surface area (Å²) in [6.07, 6.45) is 80.4. The van der Waals surface area contributed by atoms with E-state index < -0.39 is 12.1 Å². The second-order valence-electron chi connectivity index (χ2n) is 20.6. The first-order chi connectivity index (χ1) is 36.0. The fraction of sp³-hybridized carbons (Fsp3) is 0.746. The van der Waals surface area contributed by atoms with Crippen LogP contribution in [0.15, 0.2) is 85.1 Å². The van der Waals surface area contributed by atoms with Crippen molar-refractivity contribution in [1.29, 1.82) is 0 Å². The van der Waals surface area contributed by atoms with Crippen LogP contribution in [0, 0.1) is 0 Å². The van der Waals surface area contributed by atoms with E-state index in [2.05, 4.69) is 93.7 Å². The number of allylic oxidation sites excluding steroid dienone is 13. The van der Waals surface area contributed by atoms with Crippen molar-refractivity contribution in [3.63, 3.8) is 0 Å². The Balaban J connectivity index is 4.42. The Kier molecular flexibility index (Phi) is 58.3. The number of carbonyl (C=O) groups is 3. The van der Waals surface area contributed by atoms with Crippen molar-refractivity contribution in [2.75, 3.05) is 13.2 Å². The highest BCUT2D eigenvalue weighted by Crippen LogP contribution is 2.17. The molecule has 0 aromatic carbocycles. The summed E-state index contributed by atoms with van der Waals surface area (Å²) >= 11 is 0. The Bertz CT molecular complexity index is 1400. The van der Waals surface area contributed by atoms with Gasteiger partial charge in [-0.3, -0.25) is 14.4 Å². The largest absolute Gasteiger partial charge is 0.462 e. The summed E-state index contributed by atoms with van der Waals surface area (Å²) in [6, 6.07) is 0. The van der Waals surface area contributed by atoms with Crippen LogP contribution in [0.2, 0.25) is 0 Å². The maximum Gasteiger partial charge on any atom is 0.309 e. The molecular formula is C67H116O6. The van der Waals surface area contributed by atoms with Crippen molar-refractivity contribution >= 4 is 17.9 Å². The Labute approximate surface area is 452 Å². The van der Waals surface area contributed by atoms with Crippen molar-refractivity contribution in [1.82, 2.24) is 0 Å². The van der Waals surface area contributed by atoms with Gasteiger partial charge in [-0.1, -0.05) is 292 Å². The van der Waals surface area contributed by atoms with E-state index in [1.54, 1.807) is 6.08 Å². The maximum absolute atomic E-state index is 12.9. The number of carbonyl (C=O) groups excluding carboxylic acids is 3. The number of hydrogen-bond acceptors (Lipinski definition) is 6. The van der Waals surface area contributed by atoms with Crippen molar-refractivity contribution in [3.05, 3.63) is 85.1 Å². The molecule has 6 heteroatoms. The molecule has 0 aliphatic heterocycles. The summed E-state index contributed by atoms with van der Waals surface area (Å²) in [5.74, 6) is -1.03. The highest BCUT2D eigenvalue weighted by atomic mass is 16.6. The molecule has 0 N–H and O–H groups in total. The Morgan fingerprint density at radius 2 is 0.589 bits per heavy atom. The third kappa shape index (κ3) is 59.3. The van der Waals surface area contributed by atoms with Crippen LogP contribution in [0.1, 0.15) is 303 Å². The molecular weight excluding hydrogens is 901 g/mol. The zero-order chi connectivity index (χ0) is 52.9. The van der Waals surface area contributed by atoms with Crippen LogP contribution < -0.4 is 0 Å². The summed E-state index contributed by atoms with van der Waals surface area (Å²) in [5.41, 5.74) is 0. The average molecular weight is 1020 g/mol. The number of hydrogen-bond donors (Lipinski definition) is 0. The minimum atomic E-state index is -0.818. The highest BCUT2D eigenvalue weighted by Gasteiger charge is 2.19. The molecule has 0 saturated heterocycles. The summed E-state index contributed by atoms with van der Waals surface area (Å²) < 4.78 is 16.8. The second-order valence-corrected chi connectivity index (χ2v) is 20.6. The van der Waals surface area contributed by atoms with E-state index in [-0.39, 0.29) is 31.6 Å². The van der Waals surface area contributed by atoms with Crippen LogP contribution in [0.5, 0.6) is 0 Å². The quantitative estimate of drug-likeness (QED) is 0.0261. The first-order valence-electron chi connectivity index (χ1n) is 31.1. The zero-order valence-corrected chi connectivity index (χ0v) is 48.1. The van der Waals surface area contributed by atoms with E-state index in [4.69, 9.17) is 14.2 Å². The molecule has 0 saturated carbocycles. The molecule has 0 aliphatic rings. The van der Waals surface area contributed by atoms with Gasteiger partial charge in [-0.25, -0.2) is 0 Å². The van der Waals surface area contributed by atoms with Gasteiger partial charge in [0.2, 0.25) is 0 Å². The maximum atomic E-state index is 12.9. The van der Waals surface area contributed by atoms with E-state index >= 15 is 0 Å². The summed E-state index contributed by atoms with van der Waals surface area (Å²) in [6.45, 7) is 6.45. The third-order valence-electron chi connectivity index (χ3n) is 13.4. The third-order valence-corrected chi connectivity index (χ3v) is 13.4. The van der Waals surface area contributed by atoms with Crippen LogP contribution in [0.25, 0.3) is 0 Å². The average Bonchev–Trinajstić information content (AvgIpc) is 3.39. The van der Waals surface area contributed by atoms with Crippen LogP contribution in [0.3, 0.4) is 0 Å². The molecule has 0 amide bonds. The summed E-state index contributed by atoms with van der Waals surface area (Å²) in [5, 5.41) is 0. The predicted molar refractivity (Wildman–Crippen MR) is 316 cm³/mol. The van der Waals surface area contributed by atoms with Gasteiger partial charge in [-0.15, -0.1) is 0 Å². The van der Waals surface area contributed by atoms with Crippen LogP contribution in [-0.2, 0) is 28.6 Å². The lowest BCUT2D eigenvalue weighted by molar-refractivity contribution is -0.166. The van der Waals surface area contributed by atoms with Gasteiger partial charge in [0.1, 0.15) is 13.2 Å². The highest BCUT2D eigenvalue weighted by molar-refractivity contribution is 5.72. The van der Waals surface area contributed by atoms with Gasteiger partial charge in [-0.05, 0) is 77.0 Å². The lowest BCUT2D eigenvalue weighted by atomic mass is 10.0. The molecule has 0 aliphatic carbocycles. The molecule has 0 aromatic rings. The van der Waals surface area contributed by atoms with E-state index in [1.165, 1.54) is 186 Å². The fourth-order valence-corrected chi connectivity index (χ4v) is 8.78. The molecule has 0 rings (SSSR count). The monoisotopic (exact) mass is 1020 g/mol. The molecule has 420 valence electrons. The van der Waals surface area contributed by atoms with Gasteiger partial charge in [0.05, 0.1) is 6.42 Å². The van der Waals surface area contributed by atoms with E-state index in [9.17, 15) is 14.4 Å². The Hall–Kier alpha value is -3.41. The van der Waals surface area contributed by atoms with Gasteiger partial charge in [0.25, 0.3) is 0 Å². The molecule has 0 aromatic heterocycles. The zero-order valence-electron chi connectivity index (χ0n) is 48.1. The summed E-state index contributed by atoms with van der Waals surface area (Å²) in [7, 11) is 0. The van der Waals surface area contributed by atoms with Crippen molar-refractivity contribution in [3.8, 4) is 0 Å². The first-order valence-corrected chi connectivity index (χ1v) is 31.1. The molecule has 0 bridgehead atoms. The van der Waals surface area contributed by atoms with Gasteiger partial charge in [0.15, 0.2) is 6.10 Å². The molecule has 0 spiro atoms. The minimum Gasteiger partial charge on any atom is -0.462 e. The molecule has 0 radical (unpaired) electrons. The fourth-order valence-electron chi connectivity index (χ4n) is 8.78. The van der Waals surface area contributed by atoms with Crippen LogP contribution in [-0.4, -0.2) is 37.2 Å². The Morgan fingerprint density at radius 3 is 0.986 bits per heavy atom. The minimum absolute atomic E-state index is 0.106. The number of unbranched alkanes of at least 4 members (excludes halogenated alkanes) is 32. The number of ether oxygens (including phenoxy) is 3. The number of rotatable bonds is 56. The lowest BCUT2D eigenvalue weighted by Gasteiger charge is -2.18. The van der Waals surface area contributed by atoms with Crippen molar-refractivity contribution < 1.29 is 28.6 Å². The normalized spacial score (nSPS) is 12.6. The summed E-state index contributed by atoms with van der Waals surface area (Å²) in [4.78, 5) is 38.2. The van der Waals surface area contributed by atoms with Gasteiger partial charge < -0.3 is 14.2 Å². The van der Waals surface area contributed by atoms with Crippen LogP contribution in [0.4, 0.5) is 0 Å². The van der Waals surface area contributed by atoms with Gasteiger partial charge in [0, 0.05) is 12.8 Å². The topological polar surface area (TPSA) is 78.9 Å². The number of esters is 3. The van der Waals surface area contributed by atoms with Gasteiger partial charge >= 0.3 is 17.9 Å². The first kappa shape index (κ1) is 69.6. The van der Waals surface area contributed by atoms with Gasteiger partial charge in [-0.2, -0.15) is 0 Å². The van der Waals surface area contributed by atoms with Crippen LogP contribution >= 0.6 is 0 Å². The standard InChI is InChI=1S/C67H116O6/c1-4-7-10-13-16-19-22-25-28-30-32-33-35-36-39-42-45-48-51-54-57-60-66(69)72-63-64(62-71-65(68)59-56-53-50-47-44-41-38-27-24-21-18-15-12-9-6-3)73-67(70)61-58-55-52-49-46-43-40-37-34-31-29-26-23-20-17-14-11-8-5-2/h9,12,17-18,20-21,26-27,29,38,44,47,53,56,64H,4-8,10-11,13-16,19,22-25,28,30-37,39-43,45-46,48-52,54-55,57-63H2,1-3H3/b12-9-,20-17-,21-18-,29-26-,38-27-,47-44-,56-53-. The molecule has 0 fully saturated rings. The SMILES string of the molecule is CC/C=C\C/C=C\C/C=C\C/C=C\C/C=C\CC(=O)OCC(COC(=O)CCCCCCCCCCCCCCCCCCCCCCC)OC(=O)CCCCCCCCCCC/C=C\C/C=C\CCCCC. The predicted octanol–water partition coefficient (Wildman–Crippen LogP) is 21.1. The molecule has 6 nitrogen and oxygen atoms in total. The Morgan fingerprint density at radius 1 is 0.301 bits per heavy atom. The van der Waals surface area contributed by atoms with Crippen molar-refractivity contribution in [2.45, 2.75) is 309 Å². The van der Waals surface area contributed by atoms with E-state index in [0.717, 1.165) is 77.0 Å². The molecule has 1 atom stereocenters. The molecule has 0 heterocycles. The molecule has 1 unspecified atom stereocenters. The van der Waals surface area contributed by atoms with E-state index in [1.807, 2.05) is 6.08 Å². The van der Waals surface area contributed by atoms with E-state index in [0.29, 0.717) is 12.8 Å². The smallest absolute Gasteiger partial charge is 0.309 e. The lowest BCUT2D eigenvalue weighted by Crippen LogP contribution is -2.30. The molecule has 73 heavy (non-hydrogen) atoms. The van der Waals surface area contributed by atoms with Crippen molar-refractivity contribution in [2.24, 2.45) is 0 Å².